The van der Waals surface area contributed by atoms with Crippen LogP contribution in [0.5, 0.6) is 0 Å². The van der Waals surface area contributed by atoms with Crippen molar-refractivity contribution in [1.82, 2.24) is 0 Å². The zero-order valence-corrected chi connectivity index (χ0v) is 31.5. The SMILES string of the molecule is C=C.C=C([B]CC(C)(C)C(C)OC)CC.CC.CC.CCC/C=C/c1cc(CB2CC(C)(C)C(C)(C)O2)ccc1NP. The number of methoxy groups -OCH3 is 1. The Balaban J connectivity index is -0.000000683. The Kier molecular flexibility index (Phi) is 25.9. The van der Waals surface area contributed by atoms with Crippen LogP contribution in [0.1, 0.15) is 120 Å². The molecule has 1 N–H and O–H groups in total. The molecule has 241 valence electrons. The average Bonchev–Trinajstić information content (AvgIpc) is 3.19. The van der Waals surface area contributed by atoms with Crippen LogP contribution in [0.2, 0.25) is 12.6 Å². The van der Waals surface area contributed by atoms with E-state index in [-0.39, 0.29) is 22.5 Å². The summed E-state index contributed by atoms with van der Waals surface area (Å²) in [5.41, 5.74) is 5.35. The van der Waals surface area contributed by atoms with Gasteiger partial charge >= 0.3 is 0 Å². The van der Waals surface area contributed by atoms with Crippen LogP contribution in [-0.4, -0.2) is 33.0 Å². The number of rotatable bonds is 12. The summed E-state index contributed by atoms with van der Waals surface area (Å²) < 4.78 is 11.7. The summed E-state index contributed by atoms with van der Waals surface area (Å²) in [5.74, 6) is 0. The van der Waals surface area contributed by atoms with E-state index in [4.69, 9.17) is 9.39 Å². The van der Waals surface area contributed by atoms with Gasteiger partial charge in [-0.05, 0) is 78.1 Å². The van der Waals surface area contributed by atoms with Gasteiger partial charge < -0.3 is 14.5 Å². The van der Waals surface area contributed by atoms with Crippen molar-refractivity contribution in [2.75, 3.05) is 12.2 Å². The van der Waals surface area contributed by atoms with E-state index in [1.807, 2.05) is 27.7 Å². The van der Waals surface area contributed by atoms with E-state index in [9.17, 15) is 0 Å². The van der Waals surface area contributed by atoms with Gasteiger partial charge in [0, 0.05) is 12.8 Å². The lowest BCUT2D eigenvalue weighted by Crippen LogP contribution is -2.34. The van der Waals surface area contributed by atoms with Gasteiger partial charge in [-0.25, -0.2) is 0 Å². The molecule has 1 aliphatic heterocycles. The maximum Gasteiger partial charge on any atom is 0.298 e. The first-order valence-electron chi connectivity index (χ1n) is 16.2. The quantitative estimate of drug-likeness (QED) is 0.147. The molecule has 1 saturated heterocycles. The van der Waals surface area contributed by atoms with Gasteiger partial charge in [0.25, 0.3) is 6.92 Å². The lowest BCUT2D eigenvalue weighted by atomic mass is 9.55. The first-order chi connectivity index (χ1) is 19.7. The minimum atomic E-state index is -0.0525. The molecule has 0 amide bonds. The Morgan fingerprint density at radius 2 is 1.74 bits per heavy atom. The molecule has 2 rings (SSSR count). The molecule has 42 heavy (non-hydrogen) atoms. The second-order valence-corrected chi connectivity index (χ2v) is 12.4. The Labute approximate surface area is 267 Å². The van der Waals surface area contributed by atoms with Gasteiger partial charge in [-0.15, -0.1) is 25.2 Å². The largest absolute Gasteiger partial charge is 0.430 e. The monoisotopic (exact) mass is 601 g/mol. The van der Waals surface area contributed by atoms with Crippen molar-refractivity contribution in [3.8, 4) is 0 Å². The average molecular weight is 601 g/mol. The Morgan fingerprint density at radius 3 is 2.17 bits per heavy atom. The summed E-state index contributed by atoms with van der Waals surface area (Å²) in [6.45, 7) is 38.2. The van der Waals surface area contributed by atoms with E-state index in [1.165, 1.54) is 23.0 Å². The van der Waals surface area contributed by atoms with Crippen molar-refractivity contribution in [1.29, 1.82) is 0 Å². The third kappa shape index (κ3) is 16.5. The predicted molar refractivity (Wildman–Crippen MR) is 201 cm³/mol. The van der Waals surface area contributed by atoms with E-state index >= 15 is 0 Å². The van der Waals surface area contributed by atoms with E-state index < -0.39 is 0 Å². The zero-order chi connectivity index (χ0) is 33.6. The topological polar surface area (TPSA) is 30.5 Å². The number of benzene rings is 1. The predicted octanol–water partition coefficient (Wildman–Crippen LogP) is 11.6. The molecular formula is C36H69B2NO2P. The molecule has 1 aromatic carbocycles. The Bertz CT molecular complexity index is 852. The summed E-state index contributed by atoms with van der Waals surface area (Å²) in [6.07, 6.45) is 11.2. The zero-order valence-electron chi connectivity index (χ0n) is 30.4. The number of hydrogen-bond donors (Lipinski definition) is 1. The molecule has 0 aliphatic carbocycles. The number of anilines is 1. The number of allylic oxidation sites excluding steroid dienone is 2. The van der Waals surface area contributed by atoms with Crippen LogP contribution >= 0.6 is 9.39 Å². The van der Waals surface area contributed by atoms with Crippen molar-refractivity contribution in [3.05, 3.63) is 60.6 Å². The standard InChI is InChI=1S/C19H31BNOP.C11H22BO.2C2H6.C2H4/c1-6-7-8-9-16-12-15(10-11-17(16)21-23)13-20-14-18(2,3)19(4,5)22-20;1-7-9(2)12-8-11(4,5)10(3)13-6;3*1-2/h8-12,21H,6-7,13-14,23H2,1-5H3;10H,2,7-8H2,1,3-6H3;2*1-2H3;1-2H2/b9-8+;;;;. The first kappa shape index (κ1) is 45.2. The molecule has 0 aromatic heterocycles. The van der Waals surface area contributed by atoms with Gasteiger partial charge in [0.05, 0.1) is 11.7 Å². The summed E-state index contributed by atoms with van der Waals surface area (Å²) in [7, 11) is 6.57. The molecule has 1 aromatic rings. The highest BCUT2D eigenvalue weighted by Gasteiger charge is 2.48. The molecule has 1 radical (unpaired) electrons. The van der Waals surface area contributed by atoms with E-state index in [2.05, 4.69) is 134 Å². The molecule has 0 spiro atoms. The number of hydrogen-bond acceptors (Lipinski definition) is 3. The van der Waals surface area contributed by atoms with Crippen LogP contribution in [-0.2, 0) is 15.7 Å². The Morgan fingerprint density at radius 1 is 1.17 bits per heavy atom. The molecule has 1 aliphatic rings. The Hall–Kier alpha value is -1.28. The van der Waals surface area contributed by atoms with Crippen molar-refractivity contribution in [2.45, 2.75) is 140 Å². The van der Waals surface area contributed by atoms with Gasteiger partial charge in [0.2, 0.25) is 0 Å². The fourth-order valence-corrected chi connectivity index (χ4v) is 4.49. The summed E-state index contributed by atoms with van der Waals surface area (Å²) in [5, 5.41) is 3.20. The summed E-state index contributed by atoms with van der Waals surface area (Å²) in [6, 6.07) is 6.67. The highest BCUT2D eigenvalue weighted by atomic mass is 31.0. The highest BCUT2D eigenvalue weighted by molar-refractivity contribution is 7.18. The molecule has 3 nitrogen and oxygen atoms in total. The van der Waals surface area contributed by atoms with Crippen molar-refractivity contribution >= 4 is 35.3 Å². The van der Waals surface area contributed by atoms with E-state index in [1.54, 1.807) is 7.11 Å². The molecule has 2 unspecified atom stereocenters. The summed E-state index contributed by atoms with van der Waals surface area (Å²) in [4.78, 5) is 0. The molecular weight excluding hydrogens is 531 g/mol. The molecule has 0 saturated carbocycles. The minimum Gasteiger partial charge on any atom is -0.430 e. The van der Waals surface area contributed by atoms with Crippen LogP contribution in [0.4, 0.5) is 5.69 Å². The van der Waals surface area contributed by atoms with Gasteiger partial charge in [0.15, 0.2) is 0 Å². The van der Waals surface area contributed by atoms with Crippen LogP contribution < -0.4 is 5.09 Å². The summed E-state index contributed by atoms with van der Waals surface area (Å²) >= 11 is 0. The molecule has 1 fully saturated rings. The first-order valence-corrected chi connectivity index (χ1v) is 16.8. The lowest BCUT2D eigenvalue weighted by molar-refractivity contribution is 0.0315. The van der Waals surface area contributed by atoms with Crippen LogP contribution in [0, 0.1) is 10.8 Å². The van der Waals surface area contributed by atoms with Crippen molar-refractivity contribution < 1.29 is 9.39 Å². The van der Waals surface area contributed by atoms with Gasteiger partial charge in [-0.2, -0.15) is 0 Å². The highest BCUT2D eigenvalue weighted by Crippen LogP contribution is 2.45. The van der Waals surface area contributed by atoms with Crippen molar-refractivity contribution in [3.63, 3.8) is 0 Å². The van der Waals surface area contributed by atoms with Crippen LogP contribution in [0.25, 0.3) is 6.08 Å². The normalized spacial score (nSPS) is 15.4. The number of unbranched alkanes of at least 4 members (excludes halogenated alkanes) is 1. The minimum absolute atomic E-state index is 0.0525. The number of nitrogens with one attached hydrogen (secondary N) is 1. The smallest absolute Gasteiger partial charge is 0.298 e. The van der Waals surface area contributed by atoms with E-state index in [0.717, 1.165) is 37.5 Å². The maximum absolute atomic E-state index is 6.33. The van der Waals surface area contributed by atoms with Crippen LogP contribution in [0.3, 0.4) is 0 Å². The van der Waals surface area contributed by atoms with Gasteiger partial charge in [0.1, 0.15) is 7.28 Å². The third-order valence-corrected chi connectivity index (χ3v) is 8.45. The molecule has 1 heterocycles. The van der Waals surface area contributed by atoms with Gasteiger partial charge in [-0.3, -0.25) is 0 Å². The molecule has 6 heteroatoms. The second kappa shape index (κ2) is 24.1. The second-order valence-electron chi connectivity index (χ2n) is 12.1. The van der Waals surface area contributed by atoms with Gasteiger partial charge in [-0.1, -0.05) is 112 Å². The number of ether oxygens (including phenoxy) is 1. The third-order valence-electron chi connectivity index (χ3n) is 8.14. The lowest BCUT2D eigenvalue weighted by Gasteiger charge is -2.34. The molecule has 0 bridgehead atoms. The van der Waals surface area contributed by atoms with E-state index in [0.29, 0.717) is 6.92 Å². The molecule has 2 atom stereocenters. The fourth-order valence-electron chi connectivity index (χ4n) is 4.23. The maximum atomic E-state index is 6.33. The van der Waals surface area contributed by atoms with Crippen molar-refractivity contribution in [2.24, 2.45) is 10.8 Å². The van der Waals surface area contributed by atoms with Crippen LogP contribution in [0.15, 0.2) is 49.5 Å². The fraction of sp³-hybridized carbons (Fsp3) is 0.667.